The maximum absolute atomic E-state index is 15.9. The van der Waals surface area contributed by atoms with Gasteiger partial charge in [-0.05, 0) is 232 Å². The van der Waals surface area contributed by atoms with Crippen LogP contribution in [0.15, 0.2) is 340 Å². The van der Waals surface area contributed by atoms with Crippen molar-refractivity contribution in [2.24, 2.45) is 47.3 Å². The molecule has 27 nitrogen and oxygen atoms in total. The molecule has 12 unspecified atom stereocenters. The van der Waals surface area contributed by atoms with Gasteiger partial charge >= 0.3 is 0 Å². The average molecular weight is 1980 g/mol. The Bertz CT molecular complexity index is 7960. The Balaban J connectivity index is 0.399. The summed E-state index contributed by atoms with van der Waals surface area (Å²) in [6, 6.07) is 101. The van der Waals surface area contributed by atoms with Crippen LogP contribution in [-0.2, 0) is 84.7 Å². The van der Waals surface area contributed by atoms with Crippen LogP contribution in [0.3, 0.4) is 0 Å². The molecular formula is C122H94N4O23. The molecule has 0 radical (unpaired) electrons. The number of phenols is 2. The number of nitrogens with zero attached hydrogens (tertiary/aromatic N) is 4. The number of hydrogen-bond acceptors (Lipinski definition) is 23. The highest BCUT2D eigenvalue weighted by molar-refractivity contribution is 6.27. The van der Waals surface area contributed by atoms with Crippen molar-refractivity contribution in [2.75, 3.05) is 72.5 Å². The molecule has 4 heterocycles. The molecule has 27 heteroatoms. The minimum absolute atomic E-state index is 0.0120. The SMILES string of the molecule is O=C1C2C3c4ccccc4C(OCC(O)COc4ccc5ccc(OCC(O)COOC67c8ccccc8C(c8ccccc86)C6C(=O)N(c8ccc(O)cc8)C(=O)C67)cc5c4)(c4ccccc43)C2C(=O)N1c1ccc(N2C(=O)C3C4c5ccccc5C(OCC(O)COc5ccc6ccc(OCC(O)COC78c9ccccc9C(c9ccccc97)C7C(=O)N(c9ccc(O)cc9)C(=O)C78)cc6c5)(c5ccccc54)C3C2=O)cc1. The quantitative estimate of drug-likeness (QED) is 0.0144. The second-order valence-corrected chi connectivity index (χ2v) is 40.7. The number of hydrogen-bond donors (Lipinski definition) is 6. The second-order valence-electron chi connectivity index (χ2n) is 40.7. The highest BCUT2D eigenvalue weighted by Crippen LogP contribution is 2.71. The molecule has 0 aromatic heterocycles. The van der Waals surface area contributed by atoms with Gasteiger partial charge in [0.25, 0.3) is 0 Å². The second kappa shape index (κ2) is 34.7. The Hall–Kier alpha value is -16.2. The van der Waals surface area contributed by atoms with E-state index in [0.29, 0.717) is 78.5 Å². The number of phenolic OH excluding ortho intramolecular Hbond substituents is 2. The number of aliphatic hydroxyl groups is 4. The average Bonchev–Trinajstić information content (AvgIpc) is 1.59. The van der Waals surface area contributed by atoms with Crippen molar-refractivity contribution in [2.45, 2.75) is 70.5 Å². The van der Waals surface area contributed by atoms with Crippen molar-refractivity contribution in [3.8, 4) is 34.5 Å². The van der Waals surface area contributed by atoms with Crippen LogP contribution in [0.4, 0.5) is 22.7 Å². The number of imide groups is 4. The van der Waals surface area contributed by atoms with Crippen LogP contribution in [0.5, 0.6) is 34.5 Å². The van der Waals surface area contributed by atoms with Crippen LogP contribution < -0.4 is 38.5 Å². The summed E-state index contributed by atoms with van der Waals surface area (Å²) in [5, 5.41) is 71.0. The fourth-order valence-electron chi connectivity index (χ4n) is 27.3. The number of carbonyl (C=O) groups excluding carboxylic acids is 8. The molecule has 16 aliphatic rings. The fourth-order valence-corrected chi connectivity index (χ4v) is 27.3. The van der Waals surface area contributed by atoms with Crippen LogP contribution in [0.2, 0.25) is 0 Å². The summed E-state index contributed by atoms with van der Waals surface area (Å²) in [5.41, 5.74) is 6.82. The number of amides is 8. The first-order valence-corrected chi connectivity index (χ1v) is 50.1. The molecule has 4 fully saturated rings. The van der Waals surface area contributed by atoms with Gasteiger partial charge in [-0.2, -0.15) is 0 Å². The number of anilines is 4. The molecule has 0 saturated carbocycles. The number of carbonyl (C=O) groups is 8. The molecule has 6 N–H and O–H groups in total. The van der Waals surface area contributed by atoms with E-state index in [1.807, 2.05) is 218 Å². The van der Waals surface area contributed by atoms with E-state index >= 15 is 19.2 Å². The summed E-state index contributed by atoms with van der Waals surface area (Å²) in [6.45, 7) is -2.33. The lowest BCUT2D eigenvalue weighted by molar-refractivity contribution is -0.376. The predicted octanol–water partition coefficient (Wildman–Crippen LogP) is 15.2. The van der Waals surface area contributed by atoms with E-state index < -0.39 is 159 Å². The standard InChI is InChI=1S/C122H94N4O23/c127-73-45-41-71(42-46-73)125-113(135)105-101-87-21-5-13-29-95(87)121(109(105)117(125)139,96-30-14-6-22-88(96)101)147-63-77(131)59-142-80-50-34-65-33-49-79(53-67(65)54-80)141-57-75(129)61-145-119-91-25-9-1-17-83(91)99(84-18-2-10-26-92(84)119)103-107(119)115(137)123(111(103)133)69-37-39-70(40-38-69)124-112(134)104-100-85-19-3-11-27-93(85)120(108(104)116(124)138,94-28-12-4-20-86(94)100)146-62-76(130)58-143-81-51-35-66-36-52-82(56-68(66)55-81)144-60-78(132)64-148-149-122-97-31-15-7-23-89(97)102(90-24-8-16-32-98(90)122)106-110(122)118(140)126(114(106)136)72-43-47-74(128)48-44-72/h1-56,75-78,99-110,127-132H,57-64H2. The van der Waals surface area contributed by atoms with Gasteiger partial charge in [-0.25, -0.2) is 29.4 Å². The van der Waals surface area contributed by atoms with Gasteiger partial charge in [0.2, 0.25) is 47.3 Å². The summed E-state index contributed by atoms with van der Waals surface area (Å²) in [5.74, 6) is -12.2. The van der Waals surface area contributed by atoms with Crippen LogP contribution in [0.1, 0.15) is 113 Å². The van der Waals surface area contributed by atoms with E-state index in [1.54, 1.807) is 84.9 Å². The zero-order valence-electron chi connectivity index (χ0n) is 79.6. The zero-order chi connectivity index (χ0) is 101. The number of rotatable bonds is 29. The van der Waals surface area contributed by atoms with E-state index in [1.165, 1.54) is 51.1 Å². The van der Waals surface area contributed by atoms with E-state index in [2.05, 4.69) is 0 Å². The highest BCUT2D eigenvalue weighted by atomic mass is 17.2. The number of fused-ring (bicyclic) bond motifs is 2. The third-order valence-electron chi connectivity index (χ3n) is 33.0. The van der Waals surface area contributed by atoms with Gasteiger partial charge in [0.1, 0.15) is 109 Å². The summed E-state index contributed by atoms with van der Waals surface area (Å²) >= 11 is 0. The minimum Gasteiger partial charge on any atom is -0.508 e. The predicted molar refractivity (Wildman–Crippen MR) is 541 cm³/mol. The van der Waals surface area contributed by atoms with Gasteiger partial charge in [0.15, 0.2) is 5.60 Å². The van der Waals surface area contributed by atoms with Crippen LogP contribution in [0.25, 0.3) is 21.5 Å². The molecule has 15 aromatic carbocycles. The molecular weight excluding hydrogens is 1890 g/mol. The van der Waals surface area contributed by atoms with Crippen molar-refractivity contribution in [1.29, 1.82) is 0 Å². The van der Waals surface area contributed by atoms with Gasteiger partial charge in [0.05, 0.1) is 89.9 Å². The Morgan fingerprint density at radius 3 is 0.678 bits per heavy atom. The molecule has 15 aromatic rings. The molecule has 12 aliphatic carbocycles. The number of benzene rings is 15. The van der Waals surface area contributed by atoms with Crippen LogP contribution in [-0.4, -0.2) is 155 Å². The van der Waals surface area contributed by atoms with Gasteiger partial charge in [-0.3, -0.25) is 38.4 Å². The third-order valence-corrected chi connectivity index (χ3v) is 33.0. The van der Waals surface area contributed by atoms with E-state index in [-0.39, 0.29) is 81.6 Å². The maximum Gasteiger partial charge on any atom is 0.241 e. The normalized spacial score (nSPS) is 26.3. The smallest absolute Gasteiger partial charge is 0.241 e. The first-order valence-electron chi connectivity index (χ1n) is 50.1. The summed E-state index contributed by atoms with van der Waals surface area (Å²) in [7, 11) is 0. The number of ether oxygens (including phenoxy) is 7. The van der Waals surface area contributed by atoms with E-state index in [4.69, 9.17) is 42.9 Å². The molecule has 4 aliphatic heterocycles. The highest BCUT2D eigenvalue weighted by Gasteiger charge is 2.75. The lowest BCUT2D eigenvalue weighted by Gasteiger charge is -2.53. The van der Waals surface area contributed by atoms with Crippen molar-refractivity contribution in [3.05, 3.63) is 429 Å². The van der Waals surface area contributed by atoms with Gasteiger partial charge in [0, 0.05) is 23.7 Å². The summed E-state index contributed by atoms with van der Waals surface area (Å²) < 4.78 is 46.5. The molecule has 740 valence electrons. The molecule has 0 spiro atoms. The lowest BCUT2D eigenvalue weighted by Crippen LogP contribution is -2.55. The van der Waals surface area contributed by atoms with Crippen molar-refractivity contribution >= 4 is 91.6 Å². The summed E-state index contributed by atoms with van der Waals surface area (Å²) in [6.07, 6.45) is -5.04. The largest absolute Gasteiger partial charge is 0.508 e. The molecule has 8 bridgehead atoms. The van der Waals surface area contributed by atoms with Crippen molar-refractivity contribution in [3.63, 3.8) is 0 Å². The summed E-state index contributed by atoms with van der Waals surface area (Å²) in [4.78, 5) is 140. The first-order chi connectivity index (χ1) is 72.7. The number of aliphatic hydroxyl groups excluding tert-OH is 4. The molecule has 31 rings (SSSR count). The Morgan fingerprint density at radius 1 is 0.228 bits per heavy atom. The minimum atomic E-state index is -1.61. The molecule has 8 amide bonds. The molecule has 12 atom stereocenters. The first kappa shape index (κ1) is 91.5. The molecule has 149 heavy (non-hydrogen) atoms. The van der Waals surface area contributed by atoms with Crippen molar-refractivity contribution in [1.82, 2.24) is 0 Å². The topological polar surface area (TPSA) is 354 Å². The Morgan fingerprint density at radius 2 is 0.436 bits per heavy atom. The third kappa shape index (κ3) is 13.4. The maximum atomic E-state index is 15.9. The monoisotopic (exact) mass is 1980 g/mol. The van der Waals surface area contributed by atoms with Gasteiger partial charge < -0.3 is 63.8 Å². The van der Waals surface area contributed by atoms with Crippen LogP contribution in [0, 0.1) is 47.3 Å². The Kier molecular flexibility index (Phi) is 21.3. The zero-order valence-corrected chi connectivity index (χ0v) is 79.6. The van der Waals surface area contributed by atoms with Crippen LogP contribution >= 0.6 is 0 Å². The number of aromatic hydroxyl groups is 2. The lowest BCUT2D eigenvalue weighted by atomic mass is 9.52. The van der Waals surface area contributed by atoms with Crippen molar-refractivity contribution < 1.29 is 112 Å². The molecule has 4 saturated heterocycles. The van der Waals surface area contributed by atoms with E-state index in [9.17, 15) is 49.8 Å². The fraction of sp³-hybridized carbons (Fsp3) is 0.230. The van der Waals surface area contributed by atoms with E-state index in [0.717, 1.165) is 71.3 Å². The Labute approximate surface area is 852 Å². The van der Waals surface area contributed by atoms with Gasteiger partial charge in [-0.15, -0.1) is 0 Å². The van der Waals surface area contributed by atoms with Gasteiger partial charge in [-0.1, -0.05) is 218 Å².